The molecule has 2 aromatic rings. The zero-order valence-electron chi connectivity index (χ0n) is 12.1. The molecule has 2 aliphatic carbocycles. The van der Waals surface area contributed by atoms with Crippen molar-refractivity contribution in [3.63, 3.8) is 0 Å². The average molecular weight is 280 g/mol. The van der Waals surface area contributed by atoms with Gasteiger partial charge in [0.1, 0.15) is 6.29 Å². The number of hydrogen-bond acceptors (Lipinski definition) is 2. The molecule has 4 rings (SSSR count). The minimum absolute atomic E-state index is 0.235. The number of rotatable bonds is 3. The molecule has 0 N–H and O–H groups in total. The zero-order valence-corrected chi connectivity index (χ0v) is 12.1. The first-order valence-electron chi connectivity index (χ1n) is 7.93. The van der Waals surface area contributed by atoms with E-state index in [4.69, 9.17) is 5.10 Å². The smallest absolute Gasteiger partial charge is 0.123 e. The summed E-state index contributed by atoms with van der Waals surface area (Å²) in [6, 6.07) is 11.1. The van der Waals surface area contributed by atoms with Gasteiger partial charge in [0, 0.05) is 18.0 Å². The van der Waals surface area contributed by atoms with Gasteiger partial charge in [0.25, 0.3) is 0 Å². The van der Waals surface area contributed by atoms with Crippen molar-refractivity contribution in [1.29, 1.82) is 0 Å². The molecule has 1 saturated carbocycles. The summed E-state index contributed by atoms with van der Waals surface area (Å²) in [5.41, 5.74) is 4.04. The number of fused-ring (bicyclic) bond motifs is 1. The number of benzene rings is 1. The van der Waals surface area contributed by atoms with E-state index < -0.39 is 0 Å². The van der Waals surface area contributed by atoms with Gasteiger partial charge < -0.3 is 4.79 Å². The lowest BCUT2D eigenvalue weighted by molar-refractivity contribution is -0.110. The highest BCUT2D eigenvalue weighted by atomic mass is 16.1. The number of aldehydes is 1. The Balaban J connectivity index is 1.61. The molecule has 0 bridgehead atoms. The highest BCUT2D eigenvalue weighted by Gasteiger charge is 2.31. The minimum Gasteiger partial charge on any atom is -0.303 e. The van der Waals surface area contributed by atoms with Crippen LogP contribution in [-0.2, 0) is 11.2 Å². The van der Waals surface area contributed by atoms with Gasteiger partial charge in [-0.25, -0.2) is 0 Å². The van der Waals surface area contributed by atoms with Gasteiger partial charge in [-0.2, -0.15) is 5.10 Å². The van der Waals surface area contributed by atoms with E-state index in [0.29, 0.717) is 12.0 Å². The van der Waals surface area contributed by atoms with Crippen molar-refractivity contribution in [2.45, 2.75) is 44.1 Å². The number of nitrogens with zero attached hydrogens (tertiary/aromatic N) is 2. The number of carbonyl (C=O) groups excluding carboxylic acids is 1. The monoisotopic (exact) mass is 280 g/mol. The van der Waals surface area contributed by atoms with Gasteiger partial charge in [-0.05, 0) is 43.2 Å². The minimum atomic E-state index is 0.235. The van der Waals surface area contributed by atoms with Crippen LogP contribution in [0.15, 0.2) is 36.5 Å². The van der Waals surface area contributed by atoms with E-state index in [0.717, 1.165) is 32.0 Å². The molecule has 0 aliphatic heterocycles. The summed E-state index contributed by atoms with van der Waals surface area (Å²) < 4.78 is 2.14. The maximum Gasteiger partial charge on any atom is 0.123 e. The van der Waals surface area contributed by atoms with E-state index in [9.17, 15) is 4.79 Å². The van der Waals surface area contributed by atoms with Crippen LogP contribution in [0, 0.1) is 5.92 Å². The zero-order chi connectivity index (χ0) is 14.2. The average Bonchev–Trinajstić information content (AvgIpc) is 3.22. The molecular formula is C18H20N2O. The molecule has 21 heavy (non-hydrogen) atoms. The Hall–Kier alpha value is -1.90. The second-order valence-corrected chi connectivity index (χ2v) is 6.38. The van der Waals surface area contributed by atoms with E-state index in [1.54, 1.807) is 0 Å². The van der Waals surface area contributed by atoms with Crippen molar-refractivity contribution in [2.24, 2.45) is 5.92 Å². The van der Waals surface area contributed by atoms with Crippen molar-refractivity contribution in [3.05, 3.63) is 53.3 Å². The number of aryl methyl sites for hydroxylation is 1. The van der Waals surface area contributed by atoms with Crippen LogP contribution in [0.1, 0.15) is 54.5 Å². The van der Waals surface area contributed by atoms with E-state index in [1.165, 1.54) is 23.2 Å². The van der Waals surface area contributed by atoms with Gasteiger partial charge in [0.2, 0.25) is 0 Å². The van der Waals surface area contributed by atoms with Crippen LogP contribution in [0.3, 0.4) is 0 Å². The Morgan fingerprint density at radius 1 is 1.14 bits per heavy atom. The van der Waals surface area contributed by atoms with E-state index in [1.807, 2.05) is 0 Å². The standard InChI is InChI=1S/C18H20N2O/c21-12-13-6-8-16(10-13)20-11-15-7-9-17(18(15)19-20)14-4-2-1-3-5-14/h1-5,11-13,16-17H,6-10H2. The molecule has 3 atom stereocenters. The van der Waals surface area contributed by atoms with Gasteiger partial charge >= 0.3 is 0 Å². The third-order valence-electron chi connectivity index (χ3n) is 5.09. The number of hydrogen-bond donors (Lipinski definition) is 0. The lowest BCUT2D eigenvalue weighted by Gasteiger charge is -2.13. The summed E-state index contributed by atoms with van der Waals surface area (Å²) in [6.45, 7) is 0. The fourth-order valence-corrected chi connectivity index (χ4v) is 3.92. The maximum absolute atomic E-state index is 10.9. The number of carbonyl (C=O) groups is 1. The van der Waals surface area contributed by atoms with Crippen molar-refractivity contribution in [1.82, 2.24) is 9.78 Å². The molecule has 1 aromatic carbocycles. The van der Waals surface area contributed by atoms with Crippen LogP contribution in [0.2, 0.25) is 0 Å². The molecule has 1 fully saturated rings. The quantitative estimate of drug-likeness (QED) is 0.807. The molecule has 108 valence electrons. The van der Waals surface area contributed by atoms with Crippen molar-refractivity contribution in [2.75, 3.05) is 0 Å². The van der Waals surface area contributed by atoms with Gasteiger partial charge in [-0.1, -0.05) is 30.3 Å². The predicted octanol–water partition coefficient (Wildman–Crippen LogP) is 3.50. The maximum atomic E-state index is 10.9. The second kappa shape index (κ2) is 5.14. The molecular weight excluding hydrogens is 260 g/mol. The summed E-state index contributed by atoms with van der Waals surface area (Å²) >= 11 is 0. The summed E-state index contributed by atoms with van der Waals surface area (Å²) in [5, 5.41) is 4.90. The molecule has 0 radical (unpaired) electrons. The normalized spacial score (nSPS) is 27.7. The van der Waals surface area contributed by atoms with Crippen LogP contribution in [-0.4, -0.2) is 16.1 Å². The van der Waals surface area contributed by atoms with Gasteiger partial charge in [0.05, 0.1) is 11.7 Å². The first kappa shape index (κ1) is 12.8. The van der Waals surface area contributed by atoms with Crippen LogP contribution >= 0.6 is 0 Å². The third kappa shape index (κ3) is 2.21. The highest BCUT2D eigenvalue weighted by Crippen LogP contribution is 2.39. The van der Waals surface area contributed by atoms with Crippen LogP contribution in [0.25, 0.3) is 0 Å². The summed E-state index contributed by atoms with van der Waals surface area (Å²) in [6.07, 6.45) is 8.70. The molecule has 0 spiro atoms. The summed E-state index contributed by atoms with van der Waals surface area (Å²) in [7, 11) is 0. The van der Waals surface area contributed by atoms with Crippen LogP contribution in [0.4, 0.5) is 0 Å². The van der Waals surface area contributed by atoms with Crippen LogP contribution < -0.4 is 0 Å². The van der Waals surface area contributed by atoms with Gasteiger partial charge in [0.15, 0.2) is 0 Å². The third-order valence-corrected chi connectivity index (χ3v) is 5.09. The molecule has 0 amide bonds. The van der Waals surface area contributed by atoms with E-state index in [2.05, 4.69) is 41.2 Å². The molecule has 0 saturated heterocycles. The molecule has 3 nitrogen and oxygen atoms in total. The largest absolute Gasteiger partial charge is 0.303 e. The van der Waals surface area contributed by atoms with Gasteiger partial charge in [-0.3, -0.25) is 4.68 Å². The molecule has 1 aromatic heterocycles. The topological polar surface area (TPSA) is 34.9 Å². The Bertz CT molecular complexity index is 646. The van der Waals surface area contributed by atoms with E-state index in [-0.39, 0.29) is 5.92 Å². The van der Waals surface area contributed by atoms with Gasteiger partial charge in [-0.15, -0.1) is 0 Å². The van der Waals surface area contributed by atoms with Crippen LogP contribution in [0.5, 0.6) is 0 Å². The first-order chi connectivity index (χ1) is 10.3. The highest BCUT2D eigenvalue weighted by molar-refractivity contribution is 5.54. The molecule has 1 heterocycles. The van der Waals surface area contributed by atoms with Crippen molar-refractivity contribution >= 4 is 6.29 Å². The van der Waals surface area contributed by atoms with Crippen molar-refractivity contribution in [3.8, 4) is 0 Å². The first-order valence-corrected chi connectivity index (χ1v) is 7.93. The SMILES string of the molecule is O=CC1CCC(n2cc3c(n2)C(c2ccccc2)CC3)C1. The number of aromatic nitrogens is 2. The second-order valence-electron chi connectivity index (χ2n) is 6.38. The molecule has 3 unspecified atom stereocenters. The van der Waals surface area contributed by atoms with Crippen molar-refractivity contribution < 1.29 is 4.79 Å². The molecule has 2 aliphatic rings. The predicted molar refractivity (Wildman–Crippen MR) is 81.3 cm³/mol. The fourth-order valence-electron chi connectivity index (χ4n) is 3.92. The Kier molecular flexibility index (Phi) is 3.13. The summed E-state index contributed by atoms with van der Waals surface area (Å²) in [5.74, 6) is 0.685. The Labute approximate surface area is 125 Å². The lowest BCUT2D eigenvalue weighted by Crippen LogP contribution is -2.08. The molecule has 3 heteroatoms. The van der Waals surface area contributed by atoms with E-state index >= 15 is 0 Å². The Morgan fingerprint density at radius 3 is 2.76 bits per heavy atom. The Morgan fingerprint density at radius 2 is 2.00 bits per heavy atom. The lowest BCUT2D eigenvalue weighted by atomic mass is 9.97. The fraction of sp³-hybridized carbons (Fsp3) is 0.444. The summed E-state index contributed by atoms with van der Waals surface area (Å²) in [4.78, 5) is 10.9.